The molecule has 2 heterocycles. The van der Waals surface area contributed by atoms with Crippen LogP contribution in [0.3, 0.4) is 0 Å². The van der Waals surface area contributed by atoms with E-state index < -0.39 is 24.2 Å². The number of nitrogens with one attached hydrogen (secondary N) is 2. The minimum atomic E-state index is -4.47. The number of unbranched alkanes of at least 4 members (excludes halogenated alkanes) is 1. The van der Waals surface area contributed by atoms with Gasteiger partial charge >= 0.3 is 6.18 Å². The molecule has 2 aromatic rings. The molecule has 2 N–H and O–H groups in total. The number of anilines is 1. The van der Waals surface area contributed by atoms with Crippen molar-refractivity contribution in [3.05, 3.63) is 46.1 Å². The average Bonchev–Trinajstić information content (AvgIpc) is 3.04. The summed E-state index contributed by atoms with van der Waals surface area (Å²) in [5, 5.41) is 9.67. The lowest BCUT2D eigenvalue weighted by molar-refractivity contribution is -0.173. The summed E-state index contributed by atoms with van der Waals surface area (Å²) in [5.74, 6) is -0.319. The van der Waals surface area contributed by atoms with E-state index >= 15 is 0 Å². The van der Waals surface area contributed by atoms with E-state index in [9.17, 15) is 18.0 Å². The first kappa shape index (κ1) is 19.7. The fourth-order valence-electron chi connectivity index (χ4n) is 3.12. The van der Waals surface area contributed by atoms with Crippen molar-refractivity contribution in [1.82, 2.24) is 15.1 Å². The highest BCUT2D eigenvalue weighted by Gasteiger charge is 2.47. The number of hydrogen-bond acceptors (Lipinski definition) is 3. The van der Waals surface area contributed by atoms with Crippen molar-refractivity contribution in [3.8, 4) is 0 Å². The van der Waals surface area contributed by atoms with Gasteiger partial charge in [-0.15, -0.1) is 0 Å². The number of nitrogens with zero attached hydrogens (tertiary/aromatic N) is 2. The lowest BCUT2D eigenvalue weighted by atomic mass is 9.96. The lowest BCUT2D eigenvalue weighted by Crippen LogP contribution is -2.36. The molecular weight excluding hydrogens is 425 g/mol. The molecule has 2 atom stereocenters. The topological polar surface area (TPSA) is 59.0 Å². The van der Waals surface area contributed by atoms with E-state index in [4.69, 9.17) is 0 Å². The van der Waals surface area contributed by atoms with E-state index in [1.54, 1.807) is 24.3 Å². The van der Waals surface area contributed by atoms with Crippen LogP contribution >= 0.6 is 15.9 Å². The van der Waals surface area contributed by atoms with Gasteiger partial charge in [0.25, 0.3) is 5.91 Å². The van der Waals surface area contributed by atoms with Gasteiger partial charge in [-0.25, -0.2) is 4.68 Å². The van der Waals surface area contributed by atoms with Crippen molar-refractivity contribution in [2.24, 2.45) is 0 Å². The molecular formula is C18H20BrF3N4O. The van der Waals surface area contributed by atoms with Crippen molar-refractivity contribution >= 4 is 27.7 Å². The molecule has 0 unspecified atom stereocenters. The molecule has 0 fully saturated rings. The summed E-state index contributed by atoms with van der Waals surface area (Å²) in [6.45, 7) is 2.46. The summed E-state index contributed by atoms with van der Waals surface area (Å²) in [4.78, 5) is 12.4. The Morgan fingerprint density at radius 1 is 1.37 bits per heavy atom. The molecule has 27 heavy (non-hydrogen) atoms. The van der Waals surface area contributed by atoms with Gasteiger partial charge in [0.2, 0.25) is 0 Å². The van der Waals surface area contributed by atoms with Crippen LogP contribution in [-0.2, 0) is 0 Å². The van der Waals surface area contributed by atoms with E-state index in [-0.39, 0.29) is 17.8 Å². The van der Waals surface area contributed by atoms with Crippen molar-refractivity contribution in [2.75, 3.05) is 11.9 Å². The number of hydrogen-bond donors (Lipinski definition) is 2. The molecule has 1 aliphatic heterocycles. The Morgan fingerprint density at radius 3 is 2.70 bits per heavy atom. The molecule has 146 valence electrons. The standard InChI is InChI=1S/C18H20BrF3N4O/c1-2-3-8-23-17(27)13-10-24-26-15(18(20,21)22)9-14(25-16(13)26)11-4-6-12(19)7-5-11/h4-7,10,14-15,25H,2-3,8-9H2,1H3,(H,23,27)/t14-,15-/m0/s1. The normalized spacial score (nSPS) is 19.3. The minimum absolute atomic E-state index is 0.102. The molecule has 1 aromatic carbocycles. The second kappa shape index (κ2) is 7.92. The fourth-order valence-corrected chi connectivity index (χ4v) is 3.38. The Hall–Kier alpha value is -2.03. The van der Waals surface area contributed by atoms with Gasteiger partial charge in [0.1, 0.15) is 11.4 Å². The van der Waals surface area contributed by atoms with Crippen LogP contribution in [0.1, 0.15) is 54.2 Å². The van der Waals surface area contributed by atoms with Gasteiger partial charge in [0, 0.05) is 17.4 Å². The number of fused-ring (bicyclic) bond motifs is 1. The van der Waals surface area contributed by atoms with Gasteiger partial charge in [-0.05, 0) is 24.1 Å². The number of rotatable bonds is 5. The van der Waals surface area contributed by atoms with Crippen molar-refractivity contribution < 1.29 is 18.0 Å². The highest BCUT2D eigenvalue weighted by Crippen LogP contribution is 2.44. The Balaban J connectivity index is 1.93. The van der Waals surface area contributed by atoms with Crippen LogP contribution in [0.25, 0.3) is 0 Å². The van der Waals surface area contributed by atoms with Crippen LogP contribution in [0.5, 0.6) is 0 Å². The Morgan fingerprint density at radius 2 is 2.07 bits per heavy atom. The molecule has 0 saturated carbocycles. The van der Waals surface area contributed by atoms with E-state index in [0.29, 0.717) is 6.54 Å². The van der Waals surface area contributed by atoms with E-state index in [1.165, 1.54) is 6.20 Å². The molecule has 0 spiro atoms. The Bertz CT molecular complexity index is 804. The number of halogens is 4. The van der Waals surface area contributed by atoms with Gasteiger partial charge in [0.05, 0.1) is 12.2 Å². The zero-order chi connectivity index (χ0) is 19.6. The van der Waals surface area contributed by atoms with Crippen LogP contribution in [0.2, 0.25) is 0 Å². The molecule has 9 heteroatoms. The van der Waals surface area contributed by atoms with Gasteiger partial charge in [0.15, 0.2) is 6.04 Å². The summed E-state index contributed by atoms with van der Waals surface area (Å²) in [5.41, 5.74) is 0.847. The Labute approximate surface area is 163 Å². The van der Waals surface area contributed by atoms with Crippen molar-refractivity contribution in [2.45, 2.75) is 44.4 Å². The third-order valence-corrected chi connectivity index (χ3v) is 5.10. The monoisotopic (exact) mass is 444 g/mol. The van der Waals surface area contributed by atoms with Crippen LogP contribution in [0, 0.1) is 0 Å². The van der Waals surface area contributed by atoms with Gasteiger partial charge in [-0.2, -0.15) is 18.3 Å². The highest BCUT2D eigenvalue weighted by atomic mass is 79.9. The van der Waals surface area contributed by atoms with Gasteiger partial charge in [-0.3, -0.25) is 4.79 Å². The maximum Gasteiger partial charge on any atom is 0.410 e. The minimum Gasteiger partial charge on any atom is -0.363 e. The van der Waals surface area contributed by atoms with Crippen LogP contribution in [0.15, 0.2) is 34.9 Å². The third-order valence-electron chi connectivity index (χ3n) is 4.57. The third kappa shape index (κ3) is 4.28. The van der Waals surface area contributed by atoms with Gasteiger partial charge in [-0.1, -0.05) is 41.4 Å². The summed E-state index contributed by atoms with van der Waals surface area (Å²) < 4.78 is 42.6. The molecule has 3 rings (SSSR count). The van der Waals surface area contributed by atoms with Crippen molar-refractivity contribution in [3.63, 3.8) is 0 Å². The number of carbonyl (C=O) groups is 1. The predicted octanol–water partition coefficient (Wildman–Crippen LogP) is 4.84. The highest BCUT2D eigenvalue weighted by molar-refractivity contribution is 9.10. The Kier molecular flexibility index (Phi) is 5.78. The summed E-state index contributed by atoms with van der Waals surface area (Å²) in [7, 11) is 0. The number of amides is 1. The van der Waals surface area contributed by atoms with E-state index in [1.807, 2.05) is 6.92 Å². The maximum atomic E-state index is 13.6. The number of carbonyl (C=O) groups excluding carboxylic acids is 1. The van der Waals surface area contributed by atoms with Gasteiger partial charge < -0.3 is 10.6 Å². The molecule has 5 nitrogen and oxygen atoms in total. The lowest BCUT2D eigenvalue weighted by Gasteiger charge is -2.34. The number of aromatic nitrogens is 2. The van der Waals surface area contributed by atoms with E-state index in [0.717, 1.165) is 27.6 Å². The summed E-state index contributed by atoms with van der Waals surface area (Å²) >= 11 is 3.33. The van der Waals surface area contributed by atoms with Crippen LogP contribution in [0.4, 0.5) is 19.0 Å². The maximum absolute atomic E-state index is 13.6. The number of alkyl halides is 3. The van der Waals surface area contributed by atoms with Crippen LogP contribution < -0.4 is 10.6 Å². The first-order chi connectivity index (χ1) is 12.8. The molecule has 0 radical (unpaired) electrons. The largest absolute Gasteiger partial charge is 0.410 e. The van der Waals surface area contributed by atoms with Crippen LogP contribution in [-0.4, -0.2) is 28.4 Å². The molecule has 1 aliphatic rings. The molecule has 1 aromatic heterocycles. The zero-order valence-electron chi connectivity index (χ0n) is 14.7. The fraction of sp³-hybridized carbons (Fsp3) is 0.444. The first-order valence-corrected chi connectivity index (χ1v) is 9.55. The summed E-state index contributed by atoms with van der Waals surface area (Å²) in [6, 6.07) is 4.73. The summed E-state index contributed by atoms with van der Waals surface area (Å²) in [6.07, 6.45) is -1.75. The predicted molar refractivity (Wildman–Crippen MR) is 99.7 cm³/mol. The SMILES string of the molecule is CCCCNC(=O)c1cnn2c1N[C@H](c1ccc(Br)cc1)C[C@H]2C(F)(F)F. The van der Waals surface area contributed by atoms with E-state index in [2.05, 4.69) is 31.7 Å². The van der Waals surface area contributed by atoms with Crippen molar-refractivity contribution in [1.29, 1.82) is 0 Å². The average molecular weight is 445 g/mol. The second-order valence-corrected chi connectivity index (χ2v) is 7.42. The number of benzene rings is 1. The first-order valence-electron chi connectivity index (χ1n) is 8.75. The smallest absolute Gasteiger partial charge is 0.363 e. The zero-order valence-corrected chi connectivity index (χ0v) is 16.3. The molecule has 0 aliphatic carbocycles. The molecule has 1 amide bonds. The quantitative estimate of drug-likeness (QED) is 0.648. The molecule has 0 saturated heterocycles. The molecule has 0 bridgehead atoms. The second-order valence-electron chi connectivity index (χ2n) is 6.50.